The molecule has 2 heterocycles. The van der Waals surface area contributed by atoms with Crippen molar-refractivity contribution in [2.24, 2.45) is 13.0 Å². The average Bonchev–Trinajstić information content (AvgIpc) is 2.86. The van der Waals surface area contributed by atoms with E-state index < -0.39 is 9.84 Å². The average molecular weight is 304 g/mol. The first-order valence-corrected chi connectivity index (χ1v) is 9.18. The van der Waals surface area contributed by atoms with Crippen LogP contribution in [-0.2, 0) is 23.4 Å². The summed E-state index contributed by atoms with van der Waals surface area (Å²) in [5.41, 5.74) is 0. The molecule has 1 aromatic heterocycles. The topological polar surface area (TPSA) is 76.9 Å². The summed E-state index contributed by atoms with van der Waals surface area (Å²) in [7, 11) is 1.08. The van der Waals surface area contributed by atoms with Crippen LogP contribution in [0.3, 0.4) is 0 Å². The molecule has 1 saturated heterocycles. The van der Waals surface area contributed by atoms with Crippen LogP contribution in [-0.4, -0.2) is 47.5 Å². The molecule has 19 heavy (non-hydrogen) atoms. The zero-order valence-corrected chi connectivity index (χ0v) is 12.9. The SMILES string of the molecule is CNCc1nnc(SCC[C@@H]2CCS(=O)(=O)C2)n1C. The molecular formula is C11H20N4O2S2. The molecule has 2 rings (SSSR count). The van der Waals surface area contributed by atoms with Crippen molar-refractivity contribution in [1.29, 1.82) is 0 Å². The van der Waals surface area contributed by atoms with E-state index in [9.17, 15) is 8.42 Å². The van der Waals surface area contributed by atoms with Crippen LogP contribution in [0.2, 0.25) is 0 Å². The highest BCUT2D eigenvalue weighted by molar-refractivity contribution is 7.99. The number of aromatic nitrogens is 3. The zero-order chi connectivity index (χ0) is 13.9. The molecule has 0 bridgehead atoms. The summed E-state index contributed by atoms with van der Waals surface area (Å²) in [6.07, 6.45) is 1.74. The van der Waals surface area contributed by atoms with E-state index in [0.29, 0.717) is 24.0 Å². The van der Waals surface area contributed by atoms with Crippen molar-refractivity contribution in [2.45, 2.75) is 24.5 Å². The molecular weight excluding hydrogens is 284 g/mol. The summed E-state index contributed by atoms with van der Waals surface area (Å²) in [5, 5.41) is 12.2. The highest BCUT2D eigenvalue weighted by Gasteiger charge is 2.27. The highest BCUT2D eigenvalue weighted by atomic mass is 32.2. The fourth-order valence-corrected chi connectivity index (χ4v) is 5.14. The fourth-order valence-electron chi connectivity index (χ4n) is 2.20. The molecule has 1 aliphatic rings. The Morgan fingerprint density at radius 1 is 1.47 bits per heavy atom. The smallest absolute Gasteiger partial charge is 0.190 e. The van der Waals surface area contributed by atoms with Crippen molar-refractivity contribution >= 4 is 21.6 Å². The number of hydrogen-bond donors (Lipinski definition) is 1. The van der Waals surface area contributed by atoms with Crippen molar-refractivity contribution in [3.63, 3.8) is 0 Å². The van der Waals surface area contributed by atoms with Gasteiger partial charge in [0.1, 0.15) is 5.82 Å². The van der Waals surface area contributed by atoms with Gasteiger partial charge in [0.25, 0.3) is 0 Å². The van der Waals surface area contributed by atoms with Crippen molar-refractivity contribution in [3.05, 3.63) is 5.82 Å². The van der Waals surface area contributed by atoms with E-state index in [0.717, 1.165) is 29.6 Å². The monoisotopic (exact) mass is 304 g/mol. The Kier molecular flexibility index (Phi) is 4.86. The summed E-state index contributed by atoms with van der Waals surface area (Å²) < 4.78 is 24.7. The van der Waals surface area contributed by atoms with Crippen LogP contribution in [0, 0.1) is 5.92 Å². The molecule has 1 N–H and O–H groups in total. The lowest BCUT2D eigenvalue weighted by molar-refractivity contribution is 0.573. The minimum Gasteiger partial charge on any atom is -0.313 e. The Morgan fingerprint density at radius 3 is 2.89 bits per heavy atom. The Bertz CT molecular complexity index is 527. The van der Waals surface area contributed by atoms with E-state index in [1.54, 1.807) is 11.8 Å². The van der Waals surface area contributed by atoms with E-state index in [4.69, 9.17) is 0 Å². The molecule has 0 aliphatic carbocycles. The molecule has 1 fully saturated rings. The lowest BCUT2D eigenvalue weighted by Crippen LogP contribution is -2.10. The van der Waals surface area contributed by atoms with Crippen LogP contribution in [0.5, 0.6) is 0 Å². The van der Waals surface area contributed by atoms with E-state index in [-0.39, 0.29) is 0 Å². The van der Waals surface area contributed by atoms with Gasteiger partial charge in [-0.15, -0.1) is 10.2 Å². The number of rotatable bonds is 6. The summed E-state index contributed by atoms with van der Waals surface area (Å²) in [6, 6.07) is 0. The third-order valence-electron chi connectivity index (χ3n) is 3.34. The predicted octanol–water partition coefficient (Wildman–Crippen LogP) is 0.451. The number of nitrogens with one attached hydrogen (secondary N) is 1. The lowest BCUT2D eigenvalue weighted by Gasteiger charge is -2.07. The molecule has 0 radical (unpaired) electrons. The summed E-state index contributed by atoms with van der Waals surface area (Å²) in [6.45, 7) is 0.699. The van der Waals surface area contributed by atoms with Crippen molar-refractivity contribution in [3.8, 4) is 0 Å². The maximum absolute atomic E-state index is 11.4. The predicted molar refractivity (Wildman–Crippen MR) is 75.9 cm³/mol. The van der Waals surface area contributed by atoms with Gasteiger partial charge in [-0.25, -0.2) is 8.42 Å². The van der Waals surface area contributed by atoms with Crippen LogP contribution in [0.15, 0.2) is 5.16 Å². The molecule has 1 aliphatic heterocycles. The Labute approximate surface area is 118 Å². The molecule has 0 unspecified atom stereocenters. The van der Waals surface area contributed by atoms with Crippen LogP contribution >= 0.6 is 11.8 Å². The molecule has 8 heteroatoms. The standard InChI is InChI=1S/C11H20N4O2S2/c1-12-7-10-13-14-11(15(10)2)18-5-3-9-4-6-19(16,17)8-9/h9,12H,3-8H2,1-2H3/t9-/m1/s1. The third kappa shape index (κ3) is 3.93. The summed E-state index contributed by atoms with van der Waals surface area (Å²) in [5.74, 6) is 2.85. The maximum atomic E-state index is 11.4. The first kappa shape index (κ1) is 14.8. The number of hydrogen-bond acceptors (Lipinski definition) is 6. The molecule has 0 saturated carbocycles. The van der Waals surface area contributed by atoms with Crippen LogP contribution in [0.1, 0.15) is 18.7 Å². The minimum absolute atomic E-state index is 0.322. The summed E-state index contributed by atoms with van der Waals surface area (Å²) in [4.78, 5) is 0. The van der Waals surface area contributed by atoms with Crippen LogP contribution < -0.4 is 5.32 Å². The van der Waals surface area contributed by atoms with Crippen LogP contribution in [0.25, 0.3) is 0 Å². The molecule has 0 amide bonds. The van der Waals surface area contributed by atoms with Gasteiger partial charge >= 0.3 is 0 Å². The Hall–Kier alpha value is -0.600. The largest absolute Gasteiger partial charge is 0.313 e. The van der Waals surface area contributed by atoms with E-state index in [1.807, 2.05) is 18.7 Å². The van der Waals surface area contributed by atoms with Gasteiger partial charge in [-0.3, -0.25) is 0 Å². The quantitative estimate of drug-likeness (QED) is 0.769. The maximum Gasteiger partial charge on any atom is 0.190 e. The van der Waals surface area contributed by atoms with Crippen molar-refractivity contribution < 1.29 is 8.42 Å². The van der Waals surface area contributed by atoms with Crippen LogP contribution in [0.4, 0.5) is 0 Å². The molecule has 1 aromatic rings. The third-order valence-corrected chi connectivity index (χ3v) is 6.23. The Morgan fingerprint density at radius 2 is 2.26 bits per heavy atom. The van der Waals surface area contributed by atoms with E-state index in [1.165, 1.54) is 0 Å². The second kappa shape index (κ2) is 6.23. The van der Waals surface area contributed by atoms with Gasteiger partial charge in [0, 0.05) is 12.8 Å². The van der Waals surface area contributed by atoms with Gasteiger partial charge in [-0.1, -0.05) is 11.8 Å². The zero-order valence-electron chi connectivity index (χ0n) is 11.3. The van der Waals surface area contributed by atoms with E-state index in [2.05, 4.69) is 15.5 Å². The summed E-state index contributed by atoms with van der Waals surface area (Å²) >= 11 is 1.65. The van der Waals surface area contributed by atoms with Crippen molar-refractivity contribution in [1.82, 2.24) is 20.1 Å². The van der Waals surface area contributed by atoms with Gasteiger partial charge < -0.3 is 9.88 Å². The van der Waals surface area contributed by atoms with Gasteiger partial charge in [-0.05, 0) is 25.8 Å². The van der Waals surface area contributed by atoms with Crippen molar-refractivity contribution in [2.75, 3.05) is 24.3 Å². The molecule has 108 valence electrons. The number of thioether (sulfide) groups is 1. The van der Waals surface area contributed by atoms with Gasteiger partial charge in [0.2, 0.25) is 0 Å². The minimum atomic E-state index is -2.75. The van der Waals surface area contributed by atoms with Gasteiger partial charge in [-0.2, -0.15) is 0 Å². The second-order valence-corrected chi connectivity index (χ2v) is 8.19. The molecule has 0 aromatic carbocycles. The number of nitrogens with zero attached hydrogens (tertiary/aromatic N) is 3. The second-order valence-electron chi connectivity index (χ2n) is 4.89. The van der Waals surface area contributed by atoms with Gasteiger partial charge in [0.15, 0.2) is 15.0 Å². The fraction of sp³-hybridized carbons (Fsp3) is 0.818. The molecule has 1 atom stereocenters. The van der Waals surface area contributed by atoms with Gasteiger partial charge in [0.05, 0.1) is 18.1 Å². The first-order chi connectivity index (χ1) is 9.02. The normalized spacial score (nSPS) is 21.9. The highest BCUT2D eigenvalue weighted by Crippen LogP contribution is 2.25. The molecule has 0 spiro atoms. The number of sulfone groups is 1. The lowest BCUT2D eigenvalue weighted by atomic mass is 10.1. The first-order valence-electron chi connectivity index (χ1n) is 6.38. The Balaban J connectivity index is 1.80. The molecule has 6 nitrogen and oxygen atoms in total. The van der Waals surface area contributed by atoms with E-state index >= 15 is 0 Å².